The van der Waals surface area contributed by atoms with Crippen molar-refractivity contribution in [1.82, 2.24) is 10.5 Å². The zero-order valence-electron chi connectivity index (χ0n) is 7.99. The molecular weight excluding hydrogens is 176 g/mol. The van der Waals surface area contributed by atoms with E-state index >= 15 is 0 Å². The number of para-hydroxylation sites is 1. The van der Waals surface area contributed by atoms with Crippen molar-refractivity contribution in [3.8, 4) is 0 Å². The number of nitrogens with zero attached hydrogens (tertiary/aromatic N) is 1. The van der Waals surface area contributed by atoms with E-state index in [1.54, 1.807) is 0 Å². The van der Waals surface area contributed by atoms with E-state index in [0.29, 0.717) is 6.54 Å². The third kappa shape index (κ3) is 1.60. The number of aryl methyl sites for hydroxylation is 1. The molecule has 0 radical (unpaired) electrons. The molecule has 0 saturated carbocycles. The normalized spacial score (nSPS) is 10.7. The molecule has 14 heavy (non-hydrogen) atoms. The summed E-state index contributed by atoms with van der Waals surface area (Å²) in [5, 5.41) is 9.78. The summed E-state index contributed by atoms with van der Waals surface area (Å²) in [6.07, 6.45) is 0. The van der Waals surface area contributed by atoms with Gasteiger partial charge in [0.25, 0.3) is 0 Å². The van der Waals surface area contributed by atoms with E-state index in [0.717, 1.165) is 22.2 Å². The molecule has 3 heteroatoms. The van der Waals surface area contributed by atoms with Gasteiger partial charge in [0, 0.05) is 17.6 Å². The van der Waals surface area contributed by atoms with Crippen LogP contribution >= 0.6 is 0 Å². The summed E-state index contributed by atoms with van der Waals surface area (Å²) in [6.45, 7) is 2.40. The lowest BCUT2D eigenvalue weighted by Gasteiger charge is -2.06. The molecular formula is C11H12N2O. The summed E-state index contributed by atoms with van der Waals surface area (Å²) in [7, 11) is 0. The fourth-order valence-corrected chi connectivity index (χ4v) is 1.63. The van der Waals surface area contributed by atoms with Crippen molar-refractivity contribution in [3.63, 3.8) is 0 Å². The lowest BCUT2D eigenvalue weighted by atomic mass is 10.1. The first kappa shape index (κ1) is 9.12. The molecule has 0 unspecified atom stereocenters. The lowest BCUT2D eigenvalue weighted by Crippen LogP contribution is -2.07. The van der Waals surface area contributed by atoms with Crippen molar-refractivity contribution in [2.24, 2.45) is 0 Å². The standard InChI is InChI=1S/C11H12N2O/c1-8-6-9(7-12-14)10-4-2-3-5-11(10)13-8/h2-6,12,14H,7H2,1H3. The third-order valence-electron chi connectivity index (χ3n) is 2.20. The van der Waals surface area contributed by atoms with Crippen molar-refractivity contribution in [1.29, 1.82) is 0 Å². The van der Waals surface area contributed by atoms with Gasteiger partial charge in [-0.15, -0.1) is 0 Å². The summed E-state index contributed by atoms with van der Waals surface area (Å²) >= 11 is 0. The largest absolute Gasteiger partial charge is 0.316 e. The second-order valence-electron chi connectivity index (χ2n) is 3.27. The van der Waals surface area contributed by atoms with E-state index in [4.69, 9.17) is 5.21 Å². The van der Waals surface area contributed by atoms with Crippen LogP contribution in [0.5, 0.6) is 0 Å². The van der Waals surface area contributed by atoms with Crippen molar-refractivity contribution in [2.75, 3.05) is 0 Å². The molecule has 0 saturated heterocycles. The lowest BCUT2D eigenvalue weighted by molar-refractivity contribution is 0.161. The highest BCUT2D eigenvalue weighted by Gasteiger charge is 2.01. The van der Waals surface area contributed by atoms with Crippen molar-refractivity contribution in [3.05, 3.63) is 41.6 Å². The fraction of sp³-hybridized carbons (Fsp3) is 0.182. The topological polar surface area (TPSA) is 45.1 Å². The minimum absolute atomic E-state index is 0.448. The van der Waals surface area contributed by atoms with Crippen molar-refractivity contribution >= 4 is 10.9 Å². The number of nitrogens with one attached hydrogen (secondary N) is 1. The van der Waals surface area contributed by atoms with E-state index in [2.05, 4.69) is 10.5 Å². The Hall–Kier alpha value is -1.45. The molecule has 2 aromatic rings. The maximum absolute atomic E-state index is 8.70. The number of hydrogen-bond donors (Lipinski definition) is 2. The van der Waals surface area contributed by atoms with Gasteiger partial charge in [-0.25, -0.2) is 5.48 Å². The van der Waals surface area contributed by atoms with Gasteiger partial charge in [0.1, 0.15) is 0 Å². The summed E-state index contributed by atoms with van der Waals surface area (Å²) in [5.74, 6) is 0. The number of aromatic nitrogens is 1. The van der Waals surface area contributed by atoms with Gasteiger partial charge in [0.15, 0.2) is 0 Å². The van der Waals surface area contributed by atoms with E-state index in [1.165, 1.54) is 0 Å². The average Bonchev–Trinajstić information content (AvgIpc) is 2.18. The molecule has 1 heterocycles. The first-order chi connectivity index (χ1) is 6.81. The number of fused-ring (bicyclic) bond motifs is 1. The predicted octanol–water partition coefficient (Wildman–Crippen LogP) is 2.02. The van der Waals surface area contributed by atoms with Crippen LogP contribution in [0.4, 0.5) is 0 Å². The Morgan fingerprint density at radius 3 is 2.93 bits per heavy atom. The molecule has 0 atom stereocenters. The Labute approximate surface area is 82.4 Å². The zero-order valence-corrected chi connectivity index (χ0v) is 7.99. The van der Waals surface area contributed by atoms with E-state index in [9.17, 15) is 0 Å². The molecule has 2 N–H and O–H groups in total. The molecule has 0 bridgehead atoms. The third-order valence-corrected chi connectivity index (χ3v) is 2.20. The number of hydroxylamine groups is 1. The molecule has 0 spiro atoms. The average molecular weight is 188 g/mol. The van der Waals surface area contributed by atoms with Crippen LogP contribution in [0, 0.1) is 6.92 Å². The number of pyridine rings is 1. The fourth-order valence-electron chi connectivity index (χ4n) is 1.63. The van der Waals surface area contributed by atoms with Crippen LogP contribution in [-0.2, 0) is 6.54 Å². The maximum atomic E-state index is 8.70. The van der Waals surface area contributed by atoms with Gasteiger partial charge < -0.3 is 5.21 Å². The van der Waals surface area contributed by atoms with Crippen molar-refractivity contribution < 1.29 is 5.21 Å². The second kappa shape index (κ2) is 3.74. The Kier molecular flexibility index (Phi) is 2.43. The molecule has 3 nitrogen and oxygen atoms in total. The van der Waals surface area contributed by atoms with Crippen LogP contribution < -0.4 is 5.48 Å². The molecule has 0 fully saturated rings. The summed E-state index contributed by atoms with van der Waals surface area (Å²) in [5.41, 5.74) is 5.18. The van der Waals surface area contributed by atoms with Gasteiger partial charge in [-0.1, -0.05) is 18.2 Å². The summed E-state index contributed by atoms with van der Waals surface area (Å²) in [6, 6.07) is 9.90. The number of benzene rings is 1. The highest BCUT2D eigenvalue weighted by atomic mass is 16.5. The molecule has 0 aliphatic carbocycles. The van der Waals surface area contributed by atoms with Crippen LogP contribution in [0.25, 0.3) is 10.9 Å². The monoisotopic (exact) mass is 188 g/mol. The molecule has 0 aliphatic heterocycles. The van der Waals surface area contributed by atoms with E-state index < -0.39 is 0 Å². The Balaban J connectivity index is 2.67. The molecule has 0 amide bonds. The van der Waals surface area contributed by atoms with Gasteiger partial charge >= 0.3 is 0 Å². The molecule has 2 rings (SSSR count). The van der Waals surface area contributed by atoms with Gasteiger partial charge in [-0.05, 0) is 24.6 Å². The van der Waals surface area contributed by atoms with Gasteiger partial charge in [0.05, 0.1) is 5.52 Å². The van der Waals surface area contributed by atoms with Gasteiger partial charge in [-0.2, -0.15) is 0 Å². The SMILES string of the molecule is Cc1cc(CNO)c2ccccc2n1. The molecule has 1 aromatic carbocycles. The number of hydrogen-bond acceptors (Lipinski definition) is 3. The molecule has 72 valence electrons. The Morgan fingerprint density at radius 1 is 1.36 bits per heavy atom. The minimum atomic E-state index is 0.448. The summed E-state index contributed by atoms with van der Waals surface area (Å²) < 4.78 is 0. The van der Waals surface area contributed by atoms with Crippen LogP contribution in [-0.4, -0.2) is 10.2 Å². The number of rotatable bonds is 2. The van der Waals surface area contributed by atoms with Crippen LogP contribution in [0.3, 0.4) is 0 Å². The van der Waals surface area contributed by atoms with Gasteiger partial charge in [0.2, 0.25) is 0 Å². The maximum Gasteiger partial charge on any atom is 0.0708 e. The highest BCUT2D eigenvalue weighted by molar-refractivity contribution is 5.82. The van der Waals surface area contributed by atoms with Gasteiger partial charge in [-0.3, -0.25) is 4.98 Å². The van der Waals surface area contributed by atoms with Crippen LogP contribution in [0.2, 0.25) is 0 Å². The molecule has 1 aromatic heterocycles. The van der Waals surface area contributed by atoms with E-state index in [1.807, 2.05) is 37.3 Å². The predicted molar refractivity (Wildman–Crippen MR) is 55.1 cm³/mol. The van der Waals surface area contributed by atoms with E-state index in [-0.39, 0.29) is 0 Å². The highest BCUT2D eigenvalue weighted by Crippen LogP contribution is 2.17. The quantitative estimate of drug-likeness (QED) is 0.709. The zero-order chi connectivity index (χ0) is 9.97. The van der Waals surface area contributed by atoms with Crippen LogP contribution in [0.15, 0.2) is 30.3 Å². The smallest absolute Gasteiger partial charge is 0.0708 e. The minimum Gasteiger partial charge on any atom is -0.316 e. The van der Waals surface area contributed by atoms with Crippen LogP contribution in [0.1, 0.15) is 11.3 Å². The first-order valence-electron chi connectivity index (χ1n) is 4.53. The first-order valence-corrected chi connectivity index (χ1v) is 4.53. The Morgan fingerprint density at radius 2 is 2.14 bits per heavy atom. The van der Waals surface area contributed by atoms with Crippen molar-refractivity contribution in [2.45, 2.75) is 13.5 Å². The second-order valence-corrected chi connectivity index (χ2v) is 3.27. The Bertz CT molecular complexity index is 454. The summed E-state index contributed by atoms with van der Waals surface area (Å²) in [4.78, 5) is 4.41. The molecule has 0 aliphatic rings.